The van der Waals surface area contributed by atoms with Crippen LogP contribution in [0.3, 0.4) is 0 Å². The van der Waals surface area contributed by atoms with E-state index in [4.69, 9.17) is 46.4 Å². The molecule has 0 saturated heterocycles. The molecule has 75 heavy (non-hydrogen) atoms. The van der Waals surface area contributed by atoms with Crippen LogP contribution in [0.15, 0.2) is 157 Å². The van der Waals surface area contributed by atoms with Crippen LogP contribution in [-0.2, 0) is 26.2 Å². The van der Waals surface area contributed by atoms with Gasteiger partial charge in [-0.1, -0.05) is 54.6 Å². The van der Waals surface area contributed by atoms with Crippen molar-refractivity contribution in [1.29, 1.82) is 0 Å². The predicted octanol–water partition coefficient (Wildman–Crippen LogP) is 10.2. The maximum absolute atomic E-state index is 16.5. The SMILES string of the molecule is ClCCl.ClCCl.[Cl-].[O-]C(=Nc1ccccc1)[P+](C[B-](c1c(F)c(F)c(F)c(F)c1F)(c1c(F)c(F)c(F)c(F)c1F)c1c(F)c(F)c(F)c(F)c1F)(c1ccccc1)c1ccccc1.[Zr+4].c1cc[cH-]c1.c1cc[cH-]c1. The Labute approximate surface area is 465 Å². The molecule has 0 unspecified atom stereocenters. The normalized spacial score (nSPS) is 10.9. The molecule has 0 aliphatic heterocycles. The van der Waals surface area contributed by atoms with Gasteiger partial charge in [0.1, 0.15) is 57.3 Å². The molecule has 0 heterocycles. The zero-order valence-corrected chi connectivity index (χ0v) is 44.6. The Hall–Kier alpha value is -4.73. The minimum Gasteiger partial charge on any atom is -1.00 e. The van der Waals surface area contributed by atoms with Crippen LogP contribution in [0.2, 0.25) is 0 Å². The van der Waals surface area contributed by atoms with Gasteiger partial charge in [-0.3, -0.25) is 0 Å². The number of hydrogen-bond acceptors (Lipinski definition) is 2. The molecule has 25 heteroatoms. The van der Waals surface area contributed by atoms with E-state index in [9.17, 15) is 18.3 Å². The number of hydrogen-bond donors (Lipinski definition) is 0. The minimum absolute atomic E-state index is 0. The summed E-state index contributed by atoms with van der Waals surface area (Å²) in [5, 5.41) is 14.5. The molecule has 8 aromatic rings. The third-order valence-corrected chi connectivity index (χ3v) is 14.8. The Kier molecular flexibility index (Phi) is 27.3. The van der Waals surface area contributed by atoms with Gasteiger partial charge in [-0.15, -0.1) is 62.8 Å². The number of benzene rings is 6. The van der Waals surface area contributed by atoms with Gasteiger partial charge in [0.25, 0.3) is 0 Å². The maximum atomic E-state index is 16.5. The monoisotopic (exact) mass is 1250 g/mol. The fourth-order valence-corrected chi connectivity index (χ4v) is 12.0. The molecular formula is C50H31BCl5F15NOPZr. The van der Waals surface area contributed by atoms with E-state index in [1.807, 2.05) is 60.7 Å². The molecule has 0 amide bonds. The van der Waals surface area contributed by atoms with Crippen molar-refractivity contribution in [2.24, 2.45) is 4.99 Å². The second-order valence-corrected chi connectivity index (χ2v) is 19.5. The van der Waals surface area contributed by atoms with Crippen molar-refractivity contribution in [3.8, 4) is 0 Å². The van der Waals surface area contributed by atoms with Crippen LogP contribution < -0.4 is 44.5 Å². The molecule has 8 aromatic carbocycles. The molecule has 0 spiro atoms. The molecule has 2 nitrogen and oxygen atoms in total. The van der Waals surface area contributed by atoms with Crippen LogP contribution in [0, 0.1) is 87.3 Å². The second-order valence-electron chi connectivity index (χ2n) is 14.5. The molecule has 0 radical (unpaired) electrons. The minimum atomic E-state index is -6.13. The first-order valence-corrected chi connectivity index (χ1v) is 24.5. The van der Waals surface area contributed by atoms with Crippen molar-refractivity contribution in [2.45, 2.75) is 0 Å². The third kappa shape index (κ3) is 14.5. The molecule has 394 valence electrons. The van der Waals surface area contributed by atoms with Crippen LogP contribution in [0.1, 0.15) is 0 Å². The van der Waals surface area contributed by atoms with E-state index in [0.717, 1.165) is 48.5 Å². The summed E-state index contributed by atoms with van der Waals surface area (Å²) in [6.07, 6.45) is -6.13. The van der Waals surface area contributed by atoms with E-state index in [-0.39, 0.29) is 55.0 Å². The Bertz CT molecular complexity index is 2720. The average molecular weight is 1260 g/mol. The van der Waals surface area contributed by atoms with Crippen molar-refractivity contribution < 1.29 is 110 Å². The Balaban J connectivity index is 0.000000923. The van der Waals surface area contributed by atoms with Crippen molar-refractivity contribution in [1.82, 2.24) is 0 Å². The van der Waals surface area contributed by atoms with Crippen molar-refractivity contribution in [3.63, 3.8) is 0 Å². The molecular weight excluding hydrogens is 1230 g/mol. The number of alkyl halides is 4. The number of para-hydroxylation sites is 1. The molecule has 0 aromatic heterocycles. The Morgan fingerprint density at radius 3 is 0.853 bits per heavy atom. The van der Waals surface area contributed by atoms with Gasteiger partial charge >= 0.3 is 26.2 Å². The molecule has 0 N–H and O–H groups in total. The summed E-state index contributed by atoms with van der Waals surface area (Å²) in [5.41, 5.74) is -10.2. The summed E-state index contributed by atoms with van der Waals surface area (Å²) < 4.78 is 235. The van der Waals surface area contributed by atoms with Gasteiger partial charge in [0.2, 0.25) is 0 Å². The van der Waals surface area contributed by atoms with Crippen LogP contribution in [0.25, 0.3) is 0 Å². The summed E-state index contributed by atoms with van der Waals surface area (Å²) in [7, 11) is -5.11. The van der Waals surface area contributed by atoms with Crippen LogP contribution >= 0.6 is 53.7 Å². The molecule has 8 rings (SSSR count). The van der Waals surface area contributed by atoms with Gasteiger partial charge in [0.15, 0.2) is 52.4 Å². The smallest absolute Gasteiger partial charge is 1.00 e. The summed E-state index contributed by atoms with van der Waals surface area (Å²) >= 11 is 19.1. The predicted molar refractivity (Wildman–Crippen MR) is 258 cm³/mol. The topological polar surface area (TPSA) is 35.4 Å². The van der Waals surface area contributed by atoms with Gasteiger partial charge < -0.3 is 17.5 Å². The van der Waals surface area contributed by atoms with E-state index in [2.05, 4.69) is 4.99 Å². The van der Waals surface area contributed by atoms with E-state index in [1.165, 1.54) is 42.5 Å². The average Bonchev–Trinajstić information content (AvgIpc) is 4.20. The van der Waals surface area contributed by atoms with E-state index in [1.54, 1.807) is 0 Å². The molecule has 0 bridgehead atoms. The van der Waals surface area contributed by atoms with Crippen LogP contribution in [0.4, 0.5) is 71.5 Å². The molecule has 0 aliphatic rings. The van der Waals surface area contributed by atoms with Gasteiger partial charge in [-0.25, -0.2) is 95.1 Å². The second kappa shape index (κ2) is 30.9. The number of nitrogens with zero attached hydrogens (tertiary/aromatic N) is 1. The Morgan fingerprint density at radius 2 is 0.627 bits per heavy atom. The first-order valence-electron chi connectivity index (χ1n) is 20.4. The molecule has 0 fully saturated rings. The van der Waals surface area contributed by atoms with Gasteiger partial charge in [0, 0.05) is 0 Å². The number of halogens is 20. The zero-order chi connectivity index (χ0) is 54.2. The van der Waals surface area contributed by atoms with Gasteiger partial charge in [0.05, 0.1) is 23.6 Å². The van der Waals surface area contributed by atoms with E-state index < -0.39 is 139 Å². The van der Waals surface area contributed by atoms with Crippen LogP contribution in [0.5, 0.6) is 0 Å². The summed E-state index contributed by atoms with van der Waals surface area (Å²) in [5.74, 6) is -46.9. The molecule has 0 atom stereocenters. The first kappa shape index (κ1) is 66.4. The quantitative estimate of drug-likeness (QED) is 0.0163. The van der Waals surface area contributed by atoms with Crippen molar-refractivity contribution >= 4 is 98.1 Å². The summed E-state index contributed by atoms with van der Waals surface area (Å²) in [6.45, 7) is 0. The van der Waals surface area contributed by atoms with Gasteiger partial charge in [-0.2, -0.15) is 36.4 Å². The standard InChI is InChI=1S/C38H18BF15NOP.2C5H5.2CH2Cl2.ClH.Zr/c40-23-20(24(41)30(47)35(52)29(23)46)39(21-25(42)31(48)36(53)32(49)26(21)43,22-27(44)33(50)37(54)34(51)28(22)45)16-57(18-12-6-2-7-13-18,19-14-8-3-9-15-19)38(56)55-17-10-4-1-5-11-17;2*1-2-4-5-3-1;2*2-1-3;;/h1-15H,16H2,(H,55,56);2*1-5H;2*1H2;1H;/q;2*-1;;;;+4/p-2. The largest absolute Gasteiger partial charge is 4.00 e. The van der Waals surface area contributed by atoms with E-state index >= 15 is 52.7 Å². The van der Waals surface area contributed by atoms with E-state index in [0.29, 0.717) is 0 Å². The number of rotatable bonds is 9. The third-order valence-electron chi connectivity index (χ3n) is 10.6. The fourth-order valence-electron chi connectivity index (χ4n) is 7.64. The zero-order valence-electron chi connectivity index (χ0n) is 37.5. The summed E-state index contributed by atoms with van der Waals surface area (Å²) in [6, 6.07) is 35.5. The number of aliphatic imine (C=N–C) groups is 1. The van der Waals surface area contributed by atoms with Gasteiger partial charge in [-0.05, 0) is 42.5 Å². The molecule has 0 saturated carbocycles. The maximum Gasteiger partial charge on any atom is 4.00 e. The first-order chi connectivity index (χ1) is 34.8. The summed E-state index contributed by atoms with van der Waals surface area (Å²) in [4.78, 5) is 3.97. The van der Waals surface area contributed by atoms with Crippen molar-refractivity contribution in [3.05, 3.63) is 239 Å². The Morgan fingerprint density at radius 1 is 0.400 bits per heavy atom. The van der Waals surface area contributed by atoms with Crippen LogP contribution in [-0.4, -0.2) is 28.5 Å². The fraction of sp³-hybridized carbons (Fsp3) is 0.0600. The molecule has 0 aliphatic carbocycles. The van der Waals surface area contributed by atoms with Crippen molar-refractivity contribution in [2.75, 3.05) is 16.7 Å².